The lowest BCUT2D eigenvalue weighted by Gasteiger charge is -2.33. The van der Waals surface area contributed by atoms with Crippen molar-refractivity contribution in [2.45, 2.75) is 45.1 Å². The Bertz CT molecular complexity index is 182. The highest BCUT2D eigenvalue weighted by atomic mass is 16.5. The molecule has 0 aromatic carbocycles. The van der Waals surface area contributed by atoms with Crippen LogP contribution in [0.2, 0.25) is 0 Å². The molecule has 1 saturated carbocycles. The van der Waals surface area contributed by atoms with Crippen molar-refractivity contribution in [3.8, 4) is 0 Å². The summed E-state index contributed by atoms with van der Waals surface area (Å²) in [6.07, 6.45) is 6.56. The fraction of sp³-hybridized carbons (Fsp3) is 1.00. The van der Waals surface area contributed by atoms with Crippen molar-refractivity contribution in [1.29, 1.82) is 0 Å². The molecule has 0 bridgehead atoms. The molecule has 17 heavy (non-hydrogen) atoms. The van der Waals surface area contributed by atoms with Crippen LogP contribution in [0.4, 0.5) is 0 Å². The molecule has 102 valence electrons. The Kier molecular flexibility index (Phi) is 7.77. The number of rotatable bonds is 8. The van der Waals surface area contributed by atoms with E-state index in [1.54, 1.807) is 7.11 Å². The van der Waals surface area contributed by atoms with E-state index in [0.717, 1.165) is 5.92 Å². The highest BCUT2D eigenvalue weighted by molar-refractivity contribution is 4.80. The van der Waals surface area contributed by atoms with Gasteiger partial charge in [-0.3, -0.25) is 11.3 Å². The first-order valence-electron chi connectivity index (χ1n) is 6.84. The molecule has 3 N–H and O–H groups in total. The lowest BCUT2D eigenvalue weighted by atomic mass is 9.78. The molecule has 0 radical (unpaired) electrons. The third kappa shape index (κ3) is 5.34. The van der Waals surface area contributed by atoms with E-state index in [1.165, 1.54) is 32.1 Å². The van der Waals surface area contributed by atoms with E-state index < -0.39 is 0 Å². The first kappa shape index (κ1) is 14.9. The Morgan fingerprint density at radius 1 is 1.24 bits per heavy atom. The zero-order valence-corrected chi connectivity index (χ0v) is 11.3. The normalized spacial score (nSPS) is 27.0. The molecule has 0 aromatic heterocycles. The van der Waals surface area contributed by atoms with Crippen LogP contribution in [-0.2, 0) is 9.47 Å². The van der Waals surface area contributed by atoms with Crippen LogP contribution in [0.1, 0.15) is 39.0 Å². The van der Waals surface area contributed by atoms with Gasteiger partial charge < -0.3 is 9.47 Å². The molecule has 1 aliphatic carbocycles. The topological polar surface area (TPSA) is 56.5 Å². The van der Waals surface area contributed by atoms with Crippen molar-refractivity contribution in [2.24, 2.45) is 17.7 Å². The molecular formula is C13H28N2O2. The highest BCUT2D eigenvalue weighted by Crippen LogP contribution is 2.32. The SMILES string of the molecule is CCC1CCC(C(COCCOC)NN)CC1. The molecule has 1 aliphatic rings. The minimum Gasteiger partial charge on any atom is -0.382 e. The summed E-state index contributed by atoms with van der Waals surface area (Å²) in [5.41, 5.74) is 2.92. The van der Waals surface area contributed by atoms with Gasteiger partial charge in [0.15, 0.2) is 0 Å². The summed E-state index contributed by atoms with van der Waals surface area (Å²) in [7, 11) is 1.69. The van der Waals surface area contributed by atoms with Gasteiger partial charge in [0.05, 0.1) is 19.8 Å². The molecule has 1 atom stereocenters. The number of nitrogens with two attached hydrogens (primary N) is 1. The zero-order chi connectivity index (χ0) is 12.5. The van der Waals surface area contributed by atoms with E-state index in [9.17, 15) is 0 Å². The van der Waals surface area contributed by atoms with E-state index >= 15 is 0 Å². The van der Waals surface area contributed by atoms with Crippen molar-refractivity contribution in [2.75, 3.05) is 26.9 Å². The van der Waals surface area contributed by atoms with Crippen LogP contribution in [0.5, 0.6) is 0 Å². The van der Waals surface area contributed by atoms with Crippen LogP contribution in [0.15, 0.2) is 0 Å². The maximum Gasteiger partial charge on any atom is 0.0701 e. The predicted molar refractivity (Wildman–Crippen MR) is 69.5 cm³/mol. The molecule has 0 saturated heterocycles. The lowest BCUT2D eigenvalue weighted by Crippen LogP contribution is -2.45. The monoisotopic (exact) mass is 244 g/mol. The third-order valence-electron chi connectivity index (χ3n) is 3.98. The third-order valence-corrected chi connectivity index (χ3v) is 3.98. The second kappa shape index (κ2) is 8.86. The predicted octanol–water partition coefficient (Wildman–Crippen LogP) is 1.70. The lowest BCUT2D eigenvalue weighted by molar-refractivity contribution is 0.0427. The van der Waals surface area contributed by atoms with Gasteiger partial charge >= 0.3 is 0 Å². The number of nitrogens with one attached hydrogen (secondary N) is 1. The quantitative estimate of drug-likeness (QED) is 0.388. The second-order valence-corrected chi connectivity index (χ2v) is 5.03. The van der Waals surface area contributed by atoms with Gasteiger partial charge in [0, 0.05) is 13.2 Å². The Labute approximate surface area is 105 Å². The van der Waals surface area contributed by atoms with E-state index in [1.807, 2.05) is 0 Å². The van der Waals surface area contributed by atoms with Gasteiger partial charge in [-0.1, -0.05) is 26.2 Å². The molecule has 0 aromatic rings. The molecule has 4 nitrogen and oxygen atoms in total. The summed E-state index contributed by atoms with van der Waals surface area (Å²) in [6, 6.07) is 0.296. The Balaban J connectivity index is 2.21. The van der Waals surface area contributed by atoms with Gasteiger partial charge in [-0.2, -0.15) is 0 Å². The van der Waals surface area contributed by atoms with E-state index in [-0.39, 0.29) is 0 Å². The van der Waals surface area contributed by atoms with Crippen molar-refractivity contribution in [3.05, 3.63) is 0 Å². The van der Waals surface area contributed by atoms with Crippen LogP contribution in [0.3, 0.4) is 0 Å². The first-order valence-corrected chi connectivity index (χ1v) is 6.84. The van der Waals surface area contributed by atoms with Crippen LogP contribution in [0.25, 0.3) is 0 Å². The zero-order valence-electron chi connectivity index (χ0n) is 11.3. The average Bonchev–Trinajstić information content (AvgIpc) is 2.39. The summed E-state index contributed by atoms with van der Waals surface area (Å²) in [4.78, 5) is 0. The van der Waals surface area contributed by atoms with Crippen LogP contribution in [0, 0.1) is 11.8 Å². The molecule has 0 amide bonds. The molecule has 0 spiro atoms. The van der Waals surface area contributed by atoms with E-state index in [4.69, 9.17) is 15.3 Å². The second-order valence-electron chi connectivity index (χ2n) is 5.03. The summed E-state index contributed by atoms with van der Waals surface area (Å²) in [6.45, 7) is 4.29. The fourth-order valence-electron chi connectivity index (χ4n) is 2.67. The molecule has 0 aliphatic heterocycles. The smallest absolute Gasteiger partial charge is 0.0701 e. The summed E-state index contributed by atoms with van der Waals surface area (Å²) in [5.74, 6) is 7.23. The fourth-order valence-corrected chi connectivity index (χ4v) is 2.67. The maximum atomic E-state index is 5.62. The number of hydrazine groups is 1. The van der Waals surface area contributed by atoms with Crippen LogP contribution in [-0.4, -0.2) is 33.0 Å². The molecule has 1 unspecified atom stereocenters. The Morgan fingerprint density at radius 3 is 2.47 bits per heavy atom. The van der Waals surface area contributed by atoms with E-state index in [0.29, 0.717) is 31.8 Å². The average molecular weight is 244 g/mol. The van der Waals surface area contributed by atoms with Crippen LogP contribution < -0.4 is 11.3 Å². The van der Waals surface area contributed by atoms with Crippen molar-refractivity contribution < 1.29 is 9.47 Å². The first-order chi connectivity index (χ1) is 8.31. The number of hydrogen-bond acceptors (Lipinski definition) is 4. The maximum absolute atomic E-state index is 5.62. The van der Waals surface area contributed by atoms with Gasteiger partial charge in [-0.05, 0) is 24.7 Å². The molecule has 0 heterocycles. The van der Waals surface area contributed by atoms with Crippen molar-refractivity contribution in [1.82, 2.24) is 5.43 Å². The largest absolute Gasteiger partial charge is 0.382 e. The Hall–Kier alpha value is -0.160. The summed E-state index contributed by atoms with van der Waals surface area (Å²) in [5, 5.41) is 0. The van der Waals surface area contributed by atoms with Crippen LogP contribution >= 0.6 is 0 Å². The van der Waals surface area contributed by atoms with Gasteiger partial charge in [-0.25, -0.2) is 0 Å². The standard InChI is InChI=1S/C13H28N2O2/c1-3-11-4-6-12(7-5-11)13(15-14)10-17-9-8-16-2/h11-13,15H,3-10,14H2,1-2H3. The number of ether oxygens (including phenoxy) is 2. The van der Waals surface area contributed by atoms with Gasteiger partial charge in [0.25, 0.3) is 0 Å². The van der Waals surface area contributed by atoms with E-state index in [2.05, 4.69) is 12.3 Å². The minimum absolute atomic E-state index is 0.296. The Morgan fingerprint density at radius 2 is 1.94 bits per heavy atom. The van der Waals surface area contributed by atoms with Crippen molar-refractivity contribution >= 4 is 0 Å². The van der Waals surface area contributed by atoms with Gasteiger partial charge in [-0.15, -0.1) is 0 Å². The number of methoxy groups -OCH3 is 1. The molecule has 4 heteroatoms. The molecular weight excluding hydrogens is 216 g/mol. The summed E-state index contributed by atoms with van der Waals surface area (Å²) >= 11 is 0. The molecule has 1 rings (SSSR count). The van der Waals surface area contributed by atoms with Gasteiger partial charge in [0.1, 0.15) is 0 Å². The van der Waals surface area contributed by atoms with Gasteiger partial charge in [0.2, 0.25) is 0 Å². The highest BCUT2D eigenvalue weighted by Gasteiger charge is 2.26. The molecule has 1 fully saturated rings. The summed E-state index contributed by atoms with van der Waals surface area (Å²) < 4.78 is 10.5. The van der Waals surface area contributed by atoms with Crippen molar-refractivity contribution in [3.63, 3.8) is 0 Å². The minimum atomic E-state index is 0.296. The number of hydrogen-bond donors (Lipinski definition) is 2.